The second-order valence-corrected chi connectivity index (χ2v) is 3.53. The second-order valence-electron chi connectivity index (χ2n) is 2.28. The molecule has 0 spiro atoms. The summed E-state index contributed by atoms with van der Waals surface area (Å²) in [7, 11) is 0. The average molecular weight is 272 g/mol. The Morgan fingerprint density at radius 3 is 2.92 bits per heavy atom. The van der Waals surface area contributed by atoms with Gasteiger partial charge >= 0.3 is 0 Å². The number of rotatable bonds is 0. The predicted molar refractivity (Wildman–Crippen MR) is 54.5 cm³/mol. The monoisotopic (exact) mass is 272 g/mol. The Kier molecular flexibility index (Phi) is 1.80. The number of fused-ring (bicyclic) bond motifs is 1. The summed E-state index contributed by atoms with van der Waals surface area (Å²) in [5.41, 5.74) is 6.27. The van der Waals surface area contributed by atoms with Crippen molar-refractivity contribution < 1.29 is 0 Å². The number of hydrogen-bond acceptors (Lipinski definition) is 4. The molecule has 2 rings (SSSR count). The Hall–Kier alpha value is -0.980. The molecular weight excluding hydrogens is 267 g/mol. The molecule has 2 N–H and O–H groups in total. The van der Waals surface area contributed by atoms with Gasteiger partial charge in [0.25, 0.3) is 0 Å². The SMILES string of the molecule is Nc1ncnc2ncc(I)cc12. The number of anilines is 1. The summed E-state index contributed by atoms with van der Waals surface area (Å²) in [5, 5.41) is 0.810. The van der Waals surface area contributed by atoms with Crippen molar-refractivity contribution in [2.24, 2.45) is 0 Å². The first-order valence-electron chi connectivity index (χ1n) is 3.29. The minimum Gasteiger partial charge on any atom is -0.383 e. The van der Waals surface area contributed by atoms with Gasteiger partial charge in [-0.15, -0.1) is 0 Å². The average Bonchev–Trinajstić information content (AvgIpc) is 2.07. The molecule has 0 aromatic carbocycles. The summed E-state index contributed by atoms with van der Waals surface area (Å²) in [6.45, 7) is 0. The first-order chi connectivity index (χ1) is 5.77. The van der Waals surface area contributed by atoms with Crippen LogP contribution in [-0.2, 0) is 0 Å². The van der Waals surface area contributed by atoms with E-state index in [0.717, 1.165) is 8.96 Å². The molecule has 5 heteroatoms. The van der Waals surface area contributed by atoms with Crippen LogP contribution in [0.5, 0.6) is 0 Å². The van der Waals surface area contributed by atoms with Crippen molar-refractivity contribution in [3.05, 3.63) is 22.2 Å². The third-order valence-corrected chi connectivity index (χ3v) is 2.08. The van der Waals surface area contributed by atoms with Crippen molar-refractivity contribution in [1.29, 1.82) is 0 Å². The maximum atomic E-state index is 5.63. The van der Waals surface area contributed by atoms with E-state index in [1.165, 1.54) is 6.33 Å². The second kappa shape index (κ2) is 2.81. The van der Waals surface area contributed by atoms with Crippen molar-refractivity contribution in [3.8, 4) is 0 Å². The lowest BCUT2D eigenvalue weighted by molar-refractivity contribution is 1.18. The molecule has 0 bridgehead atoms. The first-order valence-corrected chi connectivity index (χ1v) is 4.37. The molecule has 2 heterocycles. The summed E-state index contributed by atoms with van der Waals surface area (Å²) in [5.74, 6) is 0.478. The maximum absolute atomic E-state index is 5.63. The summed E-state index contributed by atoms with van der Waals surface area (Å²) in [4.78, 5) is 12.0. The molecule has 0 radical (unpaired) electrons. The van der Waals surface area contributed by atoms with E-state index in [1.807, 2.05) is 6.07 Å². The summed E-state index contributed by atoms with van der Waals surface area (Å²) >= 11 is 2.17. The van der Waals surface area contributed by atoms with E-state index in [1.54, 1.807) is 6.20 Å². The minimum absolute atomic E-state index is 0.478. The smallest absolute Gasteiger partial charge is 0.164 e. The molecule has 0 amide bonds. The number of aromatic nitrogens is 3. The third kappa shape index (κ3) is 1.20. The molecule has 2 aromatic heterocycles. The quantitative estimate of drug-likeness (QED) is 0.732. The normalized spacial score (nSPS) is 10.4. The number of halogens is 1. The lowest BCUT2D eigenvalue weighted by atomic mass is 10.3. The van der Waals surface area contributed by atoms with Gasteiger partial charge in [-0.2, -0.15) is 0 Å². The molecule has 0 fully saturated rings. The molecular formula is C7H5IN4. The van der Waals surface area contributed by atoms with Gasteiger partial charge in [-0.1, -0.05) is 0 Å². The van der Waals surface area contributed by atoms with Crippen LogP contribution >= 0.6 is 22.6 Å². The van der Waals surface area contributed by atoms with Gasteiger partial charge in [0.2, 0.25) is 0 Å². The molecule has 12 heavy (non-hydrogen) atoms. The number of hydrogen-bond donors (Lipinski definition) is 1. The van der Waals surface area contributed by atoms with Crippen LogP contribution in [0.1, 0.15) is 0 Å². The molecule has 4 nitrogen and oxygen atoms in total. The predicted octanol–water partition coefficient (Wildman–Crippen LogP) is 1.21. The molecule has 0 saturated heterocycles. The zero-order valence-electron chi connectivity index (χ0n) is 6.03. The van der Waals surface area contributed by atoms with Crippen molar-refractivity contribution in [1.82, 2.24) is 15.0 Å². The first kappa shape index (κ1) is 7.66. The highest BCUT2D eigenvalue weighted by Gasteiger charge is 2.00. The summed E-state index contributed by atoms with van der Waals surface area (Å²) in [6.07, 6.45) is 3.16. The van der Waals surface area contributed by atoms with E-state index in [0.29, 0.717) is 11.5 Å². The van der Waals surface area contributed by atoms with Gasteiger partial charge in [-0.3, -0.25) is 0 Å². The number of nitrogens with zero attached hydrogens (tertiary/aromatic N) is 3. The number of nitrogen functional groups attached to an aromatic ring is 1. The molecule has 2 aromatic rings. The molecule has 0 saturated carbocycles. The van der Waals surface area contributed by atoms with Crippen LogP contribution in [0.4, 0.5) is 5.82 Å². The molecule has 0 aliphatic rings. The van der Waals surface area contributed by atoms with E-state index < -0.39 is 0 Å². The zero-order valence-corrected chi connectivity index (χ0v) is 8.19. The van der Waals surface area contributed by atoms with Gasteiger partial charge in [0.15, 0.2) is 5.65 Å². The van der Waals surface area contributed by atoms with Crippen molar-refractivity contribution in [3.63, 3.8) is 0 Å². The van der Waals surface area contributed by atoms with Crippen LogP contribution in [0.3, 0.4) is 0 Å². The van der Waals surface area contributed by atoms with E-state index in [2.05, 4.69) is 37.5 Å². The van der Waals surface area contributed by atoms with Crippen LogP contribution in [0.2, 0.25) is 0 Å². The Balaban J connectivity index is 2.88. The van der Waals surface area contributed by atoms with Crippen molar-refractivity contribution in [2.45, 2.75) is 0 Å². The van der Waals surface area contributed by atoms with Crippen LogP contribution < -0.4 is 5.73 Å². The van der Waals surface area contributed by atoms with Gasteiger partial charge in [-0.05, 0) is 28.7 Å². The third-order valence-electron chi connectivity index (χ3n) is 1.49. The minimum atomic E-state index is 0.478. The van der Waals surface area contributed by atoms with Crippen LogP contribution in [0, 0.1) is 3.57 Å². The maximum Gasteiger partial charge on any atom is 0.164 e. The zero-order chi connectivity index (χ0) is 8.55. The van der Waals surface area contributed by atoms with Gasteiger partial charge < -0.3 is 5.73 Å². The lowest BCUT2D eigenvalue weighted by Crippen LogP contribution is -1.94. The lowest BCUT2D eigenvalue weighted by Gasteiger charge is -1.98. The molecule has 60 valence electrons. The fourth-order valence-corrected chi connectivity index (χ4v) is 1.39. The van der Waals surface area contributed by atoms with E-state index in [-0.39, 0.29) is 0 Å². The van der Waals surface area contributed by atoms with Crippen molar-refractivity contribution in [2.75, 3.05) is 5.73 Å². The molecule has 0 aliphatic heterocycles. The van der Waals surface area contributed by atoms with Crippen LogP contribution in [0.15, 0.2) is 18.6 Å². The van der Waals surface area contributed by atoms with E-state index in [9.17, 15) is 0 Å². The number of pyridine rings is 1. The van der Waals surface area contributed by atoms with E-state index >= 15 is 0 Å². The van der Waals surface area contributed by atoms with Gasteiger partial charge in [0, 0.05) is 9.77 Å². The van der Waals surface area contributed by atoms with Gasteiger partial charge in [0.05, 0.1) is 5.39 Å². The highest BCUT2D eigenvalue weighted by molar-refractivity contribution is 14.1. The number of nitrogens with two attached hydrogens (primary N) is 1. The van der Waals surface area contributed by atoms with Crippen LogP contribution in [0.25, 0.3) is 11.0 Å². The fraction of sp³-hybridized carbons (Fsp3) is 0. The Morgan fingerprint density at radius 1 is 1.25 bits per heavy atom. The van der Waals surface area contributed by atoms with Gasteiger partial charge in [-0.25, -0.2) is 15.0 Å². The van der Waals surface area contributed by atoms with Gasteiger partial charge in [0.1, 0.15) is 12.1 Å². The summed E-state index contributed by atoms with van der Waals surface area (Å²) < 4.78 is 1.03. The van der Waals surface area contributed by atoms with Crippen molar-refractivity contribution >= 4 is 39.4 Å². The molecule has 0 aliphatic carbocycles. The Morgan fingerprint density at radius 2 is 2.08 bits per heavy atom. The van der Waals surface area contributed by atoms with Crippen LogP contribution in [-0.4, -0.2) is 15.0 Å². The highest BCUT2D eigenvalue weighted by Crippen LogP contribution is 2.16. The van der Waals surface area contributed by atoms with E-state index in [4.69, 9.17) is 5.73 Å². The Bertz CT molecular complexity index is 429. The Labute approximate surface area is 82.4 Å². The molecule has 0 unspecified atom stereocenters. The highest BCUT2D eigenvalue weighted by atomic mass is 127. The standard InChI is InChI=1S/C7H5IN4/c8-4-1-5-6(9)11-3-12-7(5)10-2-4/h1-3H,(H2,9,10,11,12). The fourth-order valence-electron chi connectivity index (χ4n) is 0.939. The topological polar surface area (TPSA) is 64.7 Å². The molecule has 0 atom stereocenters. The summed E-state index contributed by atoms with van der Waals surface area (Å²) in [6, 6.07) is 1.91. The largest absolute Gasteiger partial charge is 0.383 e.